The molecule has 0 aromatic heterocycles. The molecule has 3 aliphatic heterocycles. The van der Waals surface area contributed by atoms with E-state index in [1.807, 2.05) is 7.11 Å². The third kappa shape index (κ3) is 4.23. The van der Waals surface area contributed by atoms with Crippen LogP contribution in [0.4, 0.5) is 0 Å². The minimum absolute atomic E-state index is 0.564. The van der Waals surface area contributed by atoms with Gasteiger partial charge in [-0.25, -0.2) is 0 Å². The lowest BCUT2D eigenvalue weighted by Gasteiger charge is -2.53. The van der Waals surface area contributed by atoms with Crippen molar-refractivity contribution in [3.05, 3.63) is 0 Å². The summed E-state index contributed by atoms with van der Waals surface area (Å²) >= 11 is 0. The van der Waals surface area contributed by atoms with Gasteiger partial charge in [-0.15, -0.1) is 0 Å². The van der Waals surface area contributed by atoms with E-state index in [1.54, 1.807) is 0 Å². The summed E-state index contributed by atoms with van der Waals surface area (Å²) in [6.45, 7) is 9.34. The fourth-order valence-corrected chi connectivity index (χ4v) is 5.92. The molecule has 3 saturated heterocycles. The second-order valence-electron chi connectivity index (χ2n) is 9.58. The Labute approximate surface area is 154 Å². The average molecular weight is 350 g/mol. The molecule has 4 aliphatic rings. The van der Waals surface area contributed by atoms with Gasteiger partial charge in [-0.1, -0.05) is 0 Å². The van der Waals surface area contributed by atoms with Crippen LogP contribution in [0.2, 0.25) is 0 Å². The molecule has 4 nitrogen and oxygen atoms in total. The van der Waals surface area contributed by atoms with E-state index >= 15 is 0 Å². The van der Waals surface area contributed by atoms with E-state index in [0.29, 0.717) is 11.5 Å². The Hall–Kier alpha value is -0.160. The van der Waals surface area contributed by atoms with Gasteiger partial charge in [0, 0.05) is 19.7 Å². The number of hydrogen-bond acceptors (Lipinski definition) is 4. The molecular weight excluding hydrogens is 310 g/mol. The maximum Gasteiger partial charge on any atom is 0.0582 e. The zero-order valence-corrected chi connectivity index (χ0v) is 16.6. The molecule has 4 heteroatoms. The zero-order chi connectivity index (χ0) is 17.3. The topological polar surface area (TPSA) is 19.0 Å². The van der Waals surface area contributed by atoms with Crippen molar-refractivity contribution >= 4 is 0 Å². The summed E-state index contributed by atoms with van der Waals surface area (Å²) in [6, 6.07) is 0.865. The van der Waals surface area contributed by atoms with Gasteiger partial charge in [0.15, 0.2) is 0 Å². The van der Waals surface area contributed by atoms with Crippen LogP contribution in [0.3, 0.4) is 0 Å². The molecule has 0 aromatic rings. The van der Waals surface area contributed by atoms with E-state index in [2.05, 4.69) is 21.7 Å². The van der Waals surface area contributed by atoms with Gasteiger partial charge < -0.3 is 19.4 Å². The van der Waals surface area contributed by atoms with Crippen molar-refractivity contribution in [3.63, 3.8) is 0 Å². The number of ether oxygens (including phenoxy) is 1. The molecule has 1 saturated carbocycles. The SMILES string of the molecule is COC1CC2(CCN(C3CCN(CC4CCN(C)CC4)CC3)CC2)C1. The summed E-state index contributed by atoms with van der Waals surface area (Å²) in [5.41, 5.74) is 0.659. The van der Waals surface area contributed by atoms with Crippen LogP contribution in [0.1, 0.15) is 51.4 Å². The Morgan fingerprint density at radius 1 is 0.880 bits per heavy atom. The van der Waals surface area contributed by atoms with Gasteiger partial charge in [0.25, 0.3) is 0 Å². The first-order valence-corrected chi connectivity index (χ1v) is 10.8. The van der Waals surface area contributed by atoms with E-state index in [1.165, 1.54) is 97.2 Å². The highest BCUT2D eigenvalue weighted by Crippen LogP contribution is 2.50. The lowest BCUT2D eigenvalue weighted by Crippen LogP contribution is -2.54. The minimum atomic E-state index is 0.564. The molecule has 4 rings (SSSR count). The van der Waals surface area contributed by atoms with Crippen LogP contribution in [-0.2, 0) is 4.74 Å². The Kier molecular flexibility index (Phi) is 5.71. The molecular formula is C21H39N3O. The van der Waals surface area contributed by atoms with Crippen molar-refractivity contribution < 1.29 is 4.74 Å². The summed E-state index contributed by atoms with van der Waals surface area (Å²) in [5.74, 6) is 0.954. The highest BCUT2D eigenvalue weighted by molar-refractivity contribution is 4.99. The van der Waals surface area contributed by atoms with Crippen LogP contribution in [0.15, 0.2) is 0 Å². The molecule has 0 unspecified atom stereocenters. The predicted molar refractivity (Wildman–Crippen MR) is 103 cm³/mol. The fraction of sp³-hybridized carbons (Fsp3) is 1.00. The van der Waals surface area contributed by atoms with Gasteiger partial charge in [-0.05, 0) is 109 Å². The summed E-state index contributed by atoms with van der Waals surface area (Å²) in [4.78, 5) is 8.09. The van der Waals surface area contributed by atoms with E-state index in [-0.39, 0.29) is 0 Å². The van der Waals surface area contributed by atoms with E-state index < -0.39 is 0 Å². The van der Waals surface area contributed by atoms with Gasteiger partial charge in [0.1, 0.15) is 0 Å². The van der Waals surface area contributed by atoms with Crippen molar-refractivity contribution in [2.45, 2.75) is 63.5 Å². The van der Waals surface area contributed by atoms with Crippen LogP contribution in [0.25, 0.3) is 0 Å². The van der Waals surface area contributed by atoms with Gasteiger partial charge >= 0.3 is 0 Å². The van der Waals surface area contributed by atoms with Crippen molar-refractivity contribution in [2.24, 2.45) is 11.3 Å². The Morgan fingerprint density at radius 2 is 1.52 bits per heavy atom. The summed E-state index contributed by atoms with van der Waals surface area (Å²) in [7, 11) is 4.15. The lowest BCUT2D eigenvalue weighted by atomic mass is 9.61. The van der Waals surface area contributed by atoms with E-state index in [0.717, 1.165) is 12.0 Å². The van der Waals surface area contributed by atoms with Gasteiger partial charge in [-0.2, -0.15) is 0 Å². The monoisotopic (exact) mass is 349 g/mol. The predicted octanol–water partition coefficient (Wildman–Crippen LogP) is 2.68. The second kappa shape index (κ2) is 7.84. The maximum absolute atomic E-state index is 5.52. The first-order chi connectivity index (χ1) is 12.2. The third-order valence-electron chi connectivity index (χ3n) is 7.94. The van der Waals surface area contributed by atoms with Crippen molar-refractivity contribution in [2.75, 3.05) is 60.0 Å². The van der Waals surface area contributed by atoms with Crippen LogP contribution in [-0.4, -0.2) is 86.8 Å². The average Bonchev–Trinajstić information content (AvgIpc) is 2.62. The smallest absolute Gasteiger partial charge is 0.0582 e. The molecule has 4 fully saturated rings. The number of nitrogens with zero attached hydrogens (tertiary/aromatic N) is 3. The molecule has 0 N–H and O–H groups in total. The summed E-state index contributed by atoms with van der Waals surface area (Å²) in [5, 5.41) is 0. The molecule has 1 spiro atoms. The normalized spacial score (nSPS) is 31.4. The van der Waals surface area contributed by atoms with Crippen LogP contribution >= 0.6 is 0 Å². The largest absolute Gasteiger partial charge is 0.381 e. The minimum Gasteiger partial charge on any atom is -0.381 e. The van der Waals surface area contributed by atoms with Crippen LogP contribution in [0.5, 0.6) is 0 Å². The van der Waals surface area contributed by atoms with Crippen molar-refractivity contribution in [1.29, 1.82) is 0 Å². The van der Waals surface area contributed by atoms with Gasteiger partial charge in [0.2, 0.25) is 0 Å². The molecule has 144 valence electrons. The Morgan fingerprint density at radius 3 is 2.12 bits per heavy atom. The first-order valence-electron chi connectivity index (χ1n) is 10.8. The van der Waals surface area contributed by atoms with Gasteiger partial charge in [0.05, 0.1) is 6.10 Å². The molecule has 0 atom stereocenters. The molecule has 3 heterocycles. The molecule has 0 aromatic carbocycles. The molecule has 1 aliphatic carbocycles. The van der Waals surface area contributed by atoms with Crippen LogP contribution in [0, 0.1) is 11.3 Å². The molecule has 25 heavy (non-hydrogen) atoms. The standard InChI is InChI=1S/C21H39N3O/c1-22-9-3-18(4-10-22)17-23-11-5-19(6-12-23)24-13-7-21(8-14-24)15-20(16-21)25-2/h18-20H,3-17H2,1-2H3. The number of piperidine rings is 3. The van der Waals surface area contributed by atoms with Gasteiger partial charge in [-0.3, -0.25) is 0 Å². The summed E-state index contributed by atoms with van der Waals surface area (Å²) in [6.07, 6.45) is 11.7. The number of likely N-dealkylation sites (tertiary alicyclic amines) is 3. The van der Waals surface area contributed by atoms with Crippen molar-refractivity contribution in [3.8, 4) is 0 Å². The highest BCUT2D eigenvalue weighted by atomic mass is 16.5. The molecule has 0 amide bonds. The summed E-state index contributed by atoms with van der Waals surface area (Å²) < 4.78 is 5.52. The number of methoxy groups -OCH3 is 1. The molecule has 0 radical (unpaired) electrons. The zero-order valence-electron chi connectivity index (χ0n) is 16.6. The van der Waals surface area contributed by atoms with E-state index in [9.17, 15) is 0 Å². The lowest BCUT2D eigenvalue weighted by molar-refractivity contribution is -0.0940. The Bertz CT molecular complexity index is 411. The van der Waals surface area contributed by atoms with Crippen molar-refractivity contribution in [1.82, 2.24) is 14.7 Å². The Balaban J connectivity index is 1.16. The van der Waals surface area contributed by atoms with Crippen LogP contribution < -0.4 is 0 Å². The fourth-order valence-electron chi connectivity index (χ4n) is 5.92. The number of rotatable bonds is 4. The number of hydrogen-bond donors (Lipinski definition) is 0. The third-order valence-corrected chi connectivity index (χ3v) is 7.94. The van der Waals surface area contributed by atoms with E-state index in [4.69, 9.17) is 4.74 Å². The maximum atomic E-state index is 5.52. The molecule has 0 bridgehead atoms. The first kappa shape index (κ1) is 18.2. The second-order valence-corrected chi connectivity index (χ2v) is 9.58. The quantitative estimate of drug-likeness (QED) is 0.777. The highest BCUT2D eigenvalue weighted by Gasteiger charge is 2.46.